The number of hydrogen-bond donors (Lipinski definition) is 2. The number of halogens is 2. The van der Waals surface area contributed by atoms with Crippen LogP contribution in [-0.4, -0.2) is 15.1 Å². The monoisotopic (exact) mass is 240 g/mol. The van der Waals surface area contributed by atoms with E-state index in [-0.39, 0.29) is 5.02 Å². The molecule has 16 heavy (non-hydrogen) atoms. The molecule has 0 aliphatic carbocycles. The van der Waals surface area contributed by atoms with Crippen molar-refractivity contribution in [3.63, 3.8) is 0 Å². The molecule has 0 bridgehead atoms. The van der Waals surface area contributed by atoms with Crippen molar-refractivity contribution >= 4 is 11.6 Å². The van der Waals surface area contributed by atoms with Gasteiger partial charge in [0.1, 0.15) is 17.7 Å². The van der Waals surface area contributed by atoms with Gasteiger partial charge in [-0.2, -0.15) is 0 Å². The minimum Gasteiger partial charge on any atom is -0.380 e. The molecule has 0 fully saturated rings. The van der Waals surface area contributed by atoms with Gasteiger partial charge in [0.2, 0.25) is 0 Å². The first kappa shape index (κ1) is 11.1. The van der Waals surface area contributed by atoms with Crippen LogP contribution in [0, 0.1) is 12.7 Å². The lowest BCUT2D eigenvalue weighted by molar-refractivity contribution is 0.211. The Morgan fingerprint density at radius 2 is 2.25 bits per heavy atom. The highest BCUT2D eigenvalue weighted by Gasteiger charge is 2.14. The van der Waals surface area contributed by atoms with Gasteiger partial charge in [0.15, 0.2) is 0 Å². The van der Waals surface area contributed by atoms with Crippen LogP contribution in [0.2, 0.25) is 5.02 Å². The van der Waals surface area contributed by atoms with Crippen molar-refractivity contribution in [1.29, 1.82) is 0 Å². The molecule has 2 rings (SSSR count). The number of hydrogen-bond acceptors (Lipinski definition) is 2. The average Bonchev–Trinajstić information content (AvgIpc) is 2.68. The lowest BCUT2D eigenvalue weighted by Crippen LogP contribution is -2.02. The highest BCUT2D eigenvalue weighted by Crippen LogP contribution is 2.24. The maximum atomic E-state index is 12.9. The molecule has 0 aliphatic heterocycles. The molecule has 1 aromatic heterocycles. The predicted octanol–water partition coefficient (Wildman–Crippen LogP) is 2.59. The molecular formula is C11H10ClFN2O. The van der Waals surface area contributed by atoms with E-state index in [0.29, 0.717) is 11.4 Å². The number of H-pyrrole nitrogens is 1. The summed E-state index contributed by atoms with van der Waals surface area (Å²) in [7, 11) is 0. The molecule has 0 amide bonds. The van der Waals surface area contributed by atoms with Gasteiger partial charge >= 0.3 is 0 Å². The number of aryl methyl sites for hydroxylation is 1. The summed E-state index contributed by atoms with van der Waals surface area (Å²) in [4.78, 5) is 6.91. The molecule has 3 nitrogen and oxygen atoms in total. The van der Waals surface area contributed by atoms with Crippen LogP contribution in [0.15, 0.2) is 24.4 Å². The van der Waals surface area contributed by atoms with E-state index in [1.54, 1.807) is 6.20 Å². The van der Waals surface area contributed by atoms with Gasteiger partial charge in [-0.25, -0.2) is 9.37 Å². The molecule has 2 N–H and O–H groups in total. The van der Waals surface area contributed by atoms with Crippen molar-refractivity contribution in [2.75, 3.05) is 0 Å². The van der Waals surface area contributed by atoms with E-state index in [1.165, 1.54) is 18.2 Å². The van der Waals surface area contributed by atoms with E-state index in [2.05, 4.69) is 9.97 Å². The molecule has 5 heteroatoms. The first-order valence-corrected chi connectivity index (χ1v) is 5.10. The van der Waals surface area contributed by atoms with E-state index < -0.39 is 11.9 Å². The zero-order chi connectivity index (χ0) is 11.7. The lowest BCUT2D eigenvalue weighted by Gasteiger charge is -2.08. The summed E-state index contributed by atoms with van der Waals surface area (Å²) >= 11 is 5.63. The van der Waals surface area contributed by atoms with Crippen LogP contribution in [0.5, 0.6) is 0 Å². The van der Waals surface area contributed by atoms with Gasteiger partial charge in [-0.1, -0.05) is 17.7 Å². The Bertz CT molecular complexity index is 512. The number of aromatic amines is 1. The van der Waals surface area contributed by atoms with Gasteiger partial charge in [-0.05, 0) is 24.6 Å². The quantitative estimate of drug-likeness (QED) is 0.848. The van der Waals surface area contributed by atoms with Crippen LogP contribution in [0.1, 0.15) is 23.2 Å². The van der Waals surface area contributed by atoms with E-state index in [0.717, 1.165) is 5.69 Å². The van der Waals surface area contributed by atoms with Crippen molar-refractivity contribution in [3.8, 4) is 0 Å². The summed E-state index contributed by atoms with van der Waals surface area (Å²) in [6, 6.07) is 4.08. The maximum absolute atomic E-state index is 12.9. The standard InChI is InChI=1S/C11H10ClFN2O/c1-6-5-14-11(15-6)10(16)7-2-3-9(13)8(12)4-7/h2-5,10,16H,1H3,(H,14,15). The number of benzene rings is 1. The molecular weight excluding hydrogens is 231 g/mol. The first-order valence-electron chi connectivity index (χ1n) is 4.72. The lowest BCUT2D eigenvalue weighted by atomic mass is 10.1. The molecule has 0 spiro atoms. The highest BCUT2D eigenvalue weighted by atomic mass is 35.5. The SMILES string of the molecule is Cc1cnc(C(O)c2ccc(F)c(Cl)c2)[nH]1. The topological polar surface area (TPSA) is 48.9 Å². The van der Waals surface area contributed by atoms with Gasteiger partial charge in [0.25, 0.3) is 0 Å². The number of aliphatic hydroxyl groups excluding tert-OH is 1. The Morgan fingerprint density at radius 3 is 2.81 bits per heavy atom. The number of aromatic nitrogens is 2. The smallest absolute Gasteiger partial charge is 0.141 e. The summed E-state index contributed by atoms with van der Waals surface area (Å²) in [5.74, 6) is -0.0894. The van der Waals surface area contributed by atoms with Crippen molar-refractivity contribution < 1.29 is 9.50 Å². The molecule has 1 atom stereocenters. The van der Waals surface area contributed by atoms with Crippen LogP contribution in [0.3, 0.4) is 0 Å². The second-order valence-corrected chi connectivity index (χ2v) is 3.93. The second kappa shape index (κ2) is 4.23. The van der Waals surface area contributed by atoms with Crippen molar-refractivity contribution in [2.45, 2.75) is 13.0 Å². The van der Waals surface area contributed by atoms with Gasteiger partial charge < -0.3 is 10.1 Å². The predicted molar refractivity (Wildman–Crippen MR) is 58.8 cm³/mol. The number of nitrogens with zero attached hydrogens (tertiary/aromatic N) is 1. The summed E-state index contributed by atoms with van der Waals surface area (Å²) < 4.78 is 12.9. The number of rotatable bonds is 2. The van der Waals surface area contributed by atoms with Crippen LogP contribution < -0.4 is 0 Å². The minimum absolute atomic E-state index is 0.0140. The summed E-state index contributed by atoms with van der Waals surface area (Å²) in [5, 5.41) is 9.93. The third-order valence-electron chi connectivity index (χ3n) is 2.24. The van der Waals surface area contributed by atoms with Crippen LogP contribution in [-0.2, 0) is 0 Å². The summed E-state index contributed by atoms with van der Waals surface area (Å²) in [6.07, 6.45) is 0.691. The molecule has 1 unspecified atom stereocenters. The molecule has 84 valence electrons. The first-order chi connectivity index (χ1) is 7.58. The number of imidazole rings is 1. The third-order valence-corrected chi connectivity index (χ3v) is 2.53. The van der Waals surface area contributed by atoms with E-state index in [1.807, 2.05) is 6.92 Å². The fourth-order valence-corrected chi connectivity index (χ4v) is 1.60. The zero-order valence-electron chi connectivity index (χ0n) is 8.54. The third kappa shape index (κ3) is 2.08. The minimum atomic E-state index is -0.924. The molecule has 0 aliphatic rings. The van der Waals surface area contributed by atoms with E-state index in [9.17, 15) is 9.50 Å². The Balaban J connectivity index is 2.33. The van der Waals surface area contributed by atoms with Gasteiger partial charge in [-0.3, -0.25) is 0 Å². The Kier molecular flexibility index (Phi) is 2.94. The van der Waals surface area contributed by atoms with E-state index >= 15 is 0 Å². The van der Waals surface area contributed by atoms with Gasteiger partial charge in [-0.15, -0.1) is 0 Å². The normalized spacial score (nSPS) is 12.8. The highest BCUT2D eigenvalue weighted by molar-refractivity contribution is 6.30. The van der Waals surface area contributed by atoms with Crippen LogP contribution in [0.4, 0.5) is 4.39 Å². The number of nitrogens with one attached hydrogen (secondary N) is 1. The molecule has 1 heterocycles. The Hall–Kier alpha value is -1.39. The Morgan fingerprint density at radius 1 is 1.50 bits per heavy atom. The molecule has 0 saturated heterocycles. The van der Waals surface area contributed by atoms with Crippen molar-refractivity contribution in [1.82, 2.24) is 9.97 Å². The maximum Gasteiger partial charge on any atom is 0.141 e. The van der Waals surface area contributed by atoms with Crippen molar-refractivity contribution in [3.05, 3.63) is 52.3 Å². The summed E-state index contributed by atoms with van der Waals surface area (Å²) in [6.45, 7) is 1.83. The zero-order valence-corrected chi connectivity index (χ0v) is 9.29. The van der Waals surface area contributed by atoms with Crippen LogP contribution in [0.25, 0.3) is 0 Å². The van der Waals surface area contributed by atoms with E-state index in [4.69, 9.17) is 11.6 Å². The number of aliphatic hydroxyl groups is 1. The second-order valence-electron chi connectivity index (χ2n) is 3.53. The fourth-order valence-electron chi connectivity index (χ4n) is 1.41. The molecule has 0 saturated carbocycles. The van der Waals surface area contributed by atoms with Crippen molar-refractivity contribution in [2.24, 2.45) is 0 Å². The average molecular weight is 241 g/mol. The van der Waals surface area contributed by atoms with Crippen LogP contribution >= 0.6 is 11.6 Å². The molecule has 1 aromatic carbocycles. The molecule has 0 radical (unpaired) electrons. The van der Waals surface area contributed by atoms with Gasteiger partial charge in [0.05, 0.1) is 5.02 Å². The Labute approximate surface area is 96.9 Å². The summed E-state index contributed by atoms with van der Waals surface area (Å²) in [5.41, 5.74) is 1.35. The fraction of sp³-hybridized carbons (Fsp3) is 0.182. The molecule has 2 aromatic rings. The largest absolute Gasteiger partial charge is 0.380 e. The van der Waals surface area contributed by atoms with Gasteiger partial charge in [0, 0.05) is 11.9 Å².